The van der Waals surface area contributed by atoms with Gasteiger partial charge in [0.1, 0.15) is 0 Å². The first-order valence-corrected chi connectivity index (χ1v) is 5.69. The second-order valence-electron chi connectivity index (χ2n) is 3.52. The van der Waals surface area contributed by atoms with Crippen molar-refractivity contribution in [3.8, 4) is 0 Å². The standard InChI is InChI=1S/C12H23NO/c1-3-5-7-8-10-12(14)13-11-9-6-4-2/h4,6H,3,5,7-11H2,1-2H3,(H,13,14)/b6-4+. The molecule has 0 aromatic rings. The fourth-order valence-corrected chi connectivity index (χ4v) is 1.26. The minimum absolute atomic E-state index is 0.200. The van der Waals surface area contributed by atoms with Crippen molar-refractivity contribution < 1.29 is 4.79 Å². The summed E-state index contributed by atoms with van der Waals surface area (Å²) in [5.74, 6) is 0.200. The Morgan fingerprint density at radius 2 is 2.07 bits per heavy atom. The molecule has 0 spiro atoms. The van der Waals surface area contributed by atoms with Gasteiger partial charge in [-0.2, -0.15) is 0 Å². The molecule has 0 fully saturated rings. The Balaban J connectivity index is 3.19. The lowest BCUT2D eigenvalue weighted by atomic mass is 10.1. The molecule has 1 N–H and O–H groups in total. The summed E-state index contributed by atoms with van der Waals surface area (Å²) in [7, 11) is 0. The Bertz CT molecular complexity index is 164. The van der Waals surface area contributed by atoms with Gasteiger partial charge in [-0.25, -0.2) is 0 Å². The third kappa shape index (κ3) is 9.30. The highest BCUT2D eigenvalue weighted by Gasteiger charge is 1.98. The number of unbranched alkanes of at least 4 members (excludes halogenated alkanes) is 3. The average Bonchev–Trinajstić information content (AvgIpc) is 2.19. The number of allylic oxidation sites excluding steroid dienone is 1. The van der Waals surface area contributed by atoms with Crippen LogP contribution in [-0.2, 0) is 4.79 Å². The Morgan fingerprint density at radius 1 is 1.29 bits per heavy atom. The molecule has 82 valence electrons. The van der Waals surface area contributed by atoms with Gasteiger partial charge in [-0.05, 0) is 19.8 Å². The van der Waals surface area contributed by atoms with Crippen LogP contribution in [0.3, 0.4) is 0 Å². The molecule has 0 heterocycles. The number of carbonyl (C=O) groups excluding carboxylic acids is 1. The van der Waals surface area contributed by atoms with Crippen LogP contribution in [0.15, 0.2) is 12.2 Å². The minimum Gasteiger partial charge on any atom is -0.356 e. The molecule has 0 saturated heterocycles. The van der Waals surface area contributed by atoms with E-state index in [2.05, 4.69) is 18.3 Å². The van der Waals surface area contributed by atoms with Gasteiger partial charge in [-0.15, -0.1) is 0 Å². The predicted octanol–water partition coefficient (Wildman–Crippen LogP) is 3.04. The molecule has 1 amide bonds. The van der Waals surface area contributed by atoms with Crippen molar-refractivity contribution in [2.24, 2.45) is 0 Å². The SMILES string of the molecule is C/C=C/CCNC(=O)CCCCCC. The molecule has 0 saturated carbocycles. The van der Waals surface area contributed by atoms with Crippen molar-refractivity contribution in [1.82, 2.24) is 5.32 Å². The molecule has 0 bridgehead atoms. The normalized spacial score (nSPS) is 10.7. The first kappa shape index (κ1) is 13.2. The van der Waals surface area contributed by atoms with Crippen LogP contribution in [0.4, 0.5) is 0 Å². The van der Waals surface area contributed by atoms with Crippen molar-refractivity contribution in [3.05, 3.63) is 12.2 Å². The Hall–Kier alpha value is -0.790. The molecular weight excluding hydrogens is 174 g/mol. The third-order valence-electron chi connectivity index (χ3n) is 2.13. The van der Waals surface area contributed by atoms with Gasteiger partial charge in [0.15, 0.2) is 0 Å². The second kappa shape index (κ2) is 10.3. The van der Waals surface area contributed by atoms with Crippen LogP contribution >= 0.6 is 0 Å². The smallest absolute Gasteiger partial charge is 0.220 e. The molecule has 0 rings (SSSR count). The zero-order chi connectivity index (χ0) is 10.6. The largest absolute Gasteiger partial charge is 0.356 e. The molecular formula is C12H23NO. The lowest BCUT2D eigenvalue weighted by Crippen LogP contribution is -2.23. The van der Waals surface area contributed by atoms with Crippen molar-refractivity contribution in [3.63, 3.8) is 0 Å². The number of amides is 1. The van der Waals surface area contributed by atoms with Gasteiger partial charge in [0, 0.05) is 13.0 Å². The van der Waals surface area contributed by atoms with Gasteiger partial charge in [0.2, 0.25) is 5.91 Å². The molecule has 14 heavy (non-hydrogen) atoms. The molecule has 0 aliphatic carbocycles. The number of hydrogen-bond acceptors (Lipinski definition) is 1. The molecule has 2 nitrogen and oxygen atoms in total. The number of hydrogen-bond donors (Lipinski definition) is 1. The van der Waals surface area contributed by atoms with Crippen LogP contribution < -0.4 is 5.32 Å². The maximum absolute atomic E-state index is 11.2. The summed E-state index contributed by atoms with van der Waals surface area (Å²) in [5, 5.41) is 2.90. The first-order valence-electron chi connectivity index (χ1n) is 5.69. The number of carbonyl (C=O) groups is 1. The number of nitrogens with one attached hydrogen (secondary N) is 1. The summed E-state index contributed by atoms with van der Waals surface area (Å²) in [5.41, 5.74) is 0. The predicted molar refractivity (Wildman–Crippen MR) is 61.2 cm³/mol. The monoisotopic (exact) mass is 197 g/mol. The summed E-state index contributed by atoms with van der Waals surface area (Å²) >= 11 is 0. The van der Waals surface area contributed by atoms with E-state index in [-0.39, 0.29) is 5.91 Å². The Labute approximate surface area is 87.8 Å². The van der Waals surface area contributed by atoms with Gasteiger partial charge in [-0.3, -0.25) is 4.79 Å². The molecule has 0 aromatic heterocycles. The van der Waals surface area contributed by atoms with Crippen LogP contribution in [0.5, 0.6) is 0 Å². The zero-order valence-electron chi connectivity index (χ0n) is 9.51. The molecule has 0 radical (unpaired) electrons. The highest BCUT2D eigenvalue weighted by atomic mass is 16.1. The van der Waals surface area contributed by atoms with E-state index in [4.69, 9.17) is 0 Å². The summed E-state index contributed by atoms with van der Waals surface area (Å²) in [6.45, 7) is 4.95. The average molecular weight is 197 g/mol. The van der Waals surface area contributed by atoms with E-state index >= 15 is 0 Å². The van der Waals surface area contributed by atoms with Gasteiger partial charge in [0.05, 0.1) is 0 Å². The van der Waals surface area contributed by atoms with Crippen LogP contribution in [-0.4, -0.2) is 12.5 Å². The highest BCUT2D eigenvalue weighted by Crippen LogP contribution is 2.01. The molecule has 0 atom stereocenters. The van der Waals surface area contributed by atoms with E-state index in [1.54, 1.807) is 0 Å². The molecule has 0 unspecified atom stereocenters. The van der Waals surface area contributed by atoms with Crippen molar-refractivity contribution in [2.45, 2.75) is 52.4 Å². The Kier molecular flexibility index (Phi) is 9.71. The van der Waals surface area contributed by atoms with E-state index in [0.717, 1.165) is 19.4 Å². The molecule has 0 aliphatic rings. The van der Waals surface area contributed by atoms with E-state index in [0.29, 0.717) is 6.42 Å². The quantitative estimate of drug-likeness (QED) is 0.470. The fraction of sp³-hybridized carbons (Fsp3) is 0.750. The fourth-order valence-electron chi connectivity index (χ4n) is 1.26. The van der Waals surface area contributed by atoms with Gasteiger partial charge < -0.3 is 5.32 Å². The van der Waals surface area contributed by atoms with Gasteiger partial charge in [0.25, 0.3) is 0 Å². The van der Waals surface area contributed by atoms with Crippen molar-refractivity contribution in [1.29, 1.82) is 0 Å². The first-order chi connectivity index (χ1) is 6.81. The van der Waals surface area contributed by atoms with Crippen LogP contribution in [0, 0.1) is 0 Å². The lowest BCUT2D eigenvalue weighted by Gasteiger charge is -2.02. The molecule has 2 heteroatoms. The summed E-state index contributed by atoms with van der Waals surface area (Å²) in [6, 6.07) is 0. The van der Waals surface area contributed by atoms with E-state index in [9.17, 15) is 4.79 Å². The van der Waals surface area contributed by atoms with Crippen molar-refractivity contribution in [2.75, 3.05) is 6.54 Å². The maximum Gasteiger partial charge on any atom is 0.220 e. The highest BCUT2D eigenvalue weighted by molar-refractivity contribution is 5.75. The number of rotatable bonds is 8. The maximum atomic E-state index is 11.2. The topological polar surface area (TPSA) is 29.1 Å². The second-order valence-corrected chi connectivity index (χ2v) is 3.52. The summed E-state index contributed by atoms with van der Waals surface area (Å²) < 4.78 is 0. The van der Waals surface area contributed by atoms with Crippen molar-refractivity contribution >= 4 is 5.91 Å². The van der Waals surface area contributed by atoms with E-state index in [1.807, 2.05) is 13.0 Å². The van der Waals surface area contributed by atoms with E-state index in [1.165, 1.54) is 19.3 Å². The van der Waals surface area contributed by atoms with Gasteiger partial charge >= 0.3 is 0 Å². The van der Waals surface area contributed by atoms with Crippen LogP contribution in [0.25, 0.3) is 0 Å². The lowest BCUT2D eigenvalue weighted by molar-refractivity contribution is -0.121. The molecule has 0 aromatic carbocycles. The van der Waals surface area contributed by atoms with Crippen LogP contribution in [0.1, 0.15) is 52.4 Å². The van der Waals surface area contributed by atoms with E-state index < -0.39 is 0 Å². The molecule has 0 aliphatic heterocycles. The third-order valence-corrected chi connectivity index (χ3v) is 2.13. The summed E-state index contributed by atoms with van der Waals surface area (Å²) in [4.78, 5) is 11.2. The minimum atomic E-state index is 0.200. The van der Waals surface area contributed by atoms with Crippen LogP contribution in [0.2, 0.25) is 0 Å². The van der Waals surface area contributed by atoms with Gasteiger partial charge in [-0.1, -0.05) is 38.3 Å². The zero-order valence-corrected chi connectivity index (χ0v) is 9.51. The Morgan fingerprint density at radius 3 is 2.71 bits per heavy atom. The summed E-state index contributed by atoms with van der Waals surface area (Å²) in [6.07, 6.45) is 10.4.